The van der Waals surface area contributed by atoms with Gasteiger partial charge >= 0.3 is 0 Å². The minimum absolute atomic E-state index is 0.118. The molecule has 0 unspecified atom stereocenters. The summed E-state index contributed by atoms with van der Waals surface area (Å²) in [5.41, 5.74) is 2.17. The van der Waals surface area contributed by atoms with Crippen molar-refractivity contribution in [3.63, 3.8) is 0 Å². The number of rotatable bonds is 7. The van der Waals surface area contributed by atoms with Gasteiger partial charge in [-0.05, 0) is 42.8 Å². The molecule has 0 aliphatic heterocycles. The fourth-order valence-electron chi connectivity index (χ4n) is 2.82. The predicted octanol–water partition coefficient (Wildman–Crippen LogP) is 4.33. The van der Waals surface area contributed by atoms with Gasteiger partial charge in [-0.2, -0.15) is 0 Å². The molecule has 1 aromatic heterocycles. The first-order valence-electron chi connectivity index (χ1n) is 9.37. The number of nitrogens with zero attached hydrogens (tertiary/aromatic N) is 2. The van der Waals surface area contributed by atoms with E-state index in [2.05, 4.69) is 10.3 Å². The van der Waals surface area contributed by atoms with Crippen LogP contribution in [0.1, 0.15) is 21.5 Å². The van der Waals surface area contributed by atoms with Gasteiger partial charge in [0, 0.05) is 23.8 Å². The fourth-order valence-corrected chi connectivity index (χ4v) is 3.01. The number of ether oxygens (including phenoxy) is 1. The Kier molecular flexibility index (Phi) is 7.03. The average molecular weight is 424 g/mol. The Bertz CT molecular complexity index is 1060. The molecule has 0 bridgehead atoms. The van der Waals surface area contributed by atoms with Crippen molar-refractivity contribution < 1.29 is 14.3 Å². The second-order valence-electron chi connectivity index (χ2n) is 6.80. The van der Waals surface area contributed by atoms with E-state index >= 15 is 0 Å². The number of hydrogen-bond acceptors (Lipinski definition) is 4. The number of aromatic nitrogens is 1. The maximum atomic E-state index is 12.9. The normalized spacial score (nSPS) is 10.4. The van der Waals surface area contributed by atoms with Crippen LogP contribution in [-0.4, -0.2) is 35.3 Å². The molecule has 0 spiro atoms. The van der Waals surface area contributed by atoms with Crippen LogP contribution in [0.4, 0.5) is 5.82 Å². The van der Waals surface area contributed by atoms with Crippen LogP contribution in [0.25, 0.3) is 0 Å². The van der Waals surface area contributed by atoms with Gasteiger partial charge in [0.1, 0.15) is 18.2 Å². The molecule has 2 aromatic carbocycles. The van der Waals surface area contributed by atoms with E-state index < -0.39 is 0 Å². The van der Waals surface area contributed by atoms with Crippen LogP contribution in [0.15, 0.2) is 66.9 Å². The third-order valence-electron chi connectivity index (χ3n) is 4.37. The molecular weight excluding hydrogens is 402 g/mol. The van der Waals surface area contributed by atoms with Gasteiger partial charge in [0.15, 0.2) is 0 Å². The monoisotopic (exact) mass is 423 g/mol. The van der Waals surface area contributed by atoms with Gasteiger partial charge in [-0.25, -0.2) is 4.98 Å². The number of benzene rings is 2. The maximum absolute atomic E-state index is 12.9. The Morgan fingerprint density at radius 2 is 1.83 bits per heavy atom. The van der Waals surface area contributed by atoms with Crippen LogP contribution < -0.4 is 10.1 Å². The molecule has 0 saturated carbocycles. The van der Waals surface area contributed by atoms with E-state index in [9.17, 15) is 9.59 Å². The number of amides is 2. The molecule has 1 heterocycles. The van der Waals surface area contributed by atoms with Crippen LogP contribution in [0.2, 0.25) is 5.02 Å². The van der Waals surface area contributed by atoms with Crippen molar-refractivity contribution in [3.8, 4) is 5.75 Å². The fraction of sp³-hybridized carbons (Fsp3) is 0.174. The number of carbonyl (C=O) groups is 2. The lowest BCUT2D eigenvalue weighted by molar-refractivity contribution is -0.116. The lowest BCUT2D eigenvalue weighted by Gasteiger charge is -2.19. The molecule has 0 fully saturated rings. The highest BCUT2D eigenvalue weighted by molar-refractivity contribution is 6.31. The minimum Gasteiger partial charge on any atom is -0.488 e. The van der Waals surface area contributed by atoms with Gasteiger partial charge in [0.2, 0.25) is 5.91 Å². The van der Waals surface area contributed by atoms with Gasteiger partial charge in [0.25, 0.3) is 5.91 Å². The summed E-state index contributed by atoms with van der Waals surface area (Å²) in [4.78, 5) is 30.7. The van der Waals surface area contributed by atoms with Crippen LogP contribution >= 0.6 is 11.6 Å². The summed E-state index contributed by atoms with van der Waals surface area (Å²) in [6, 6.07) is 17.9. The standard InChI is InChI=1S/C23H22ClN3O3/c1-16-11-12-25-21(13-16)26-22(28)14-27(2)23(29)18-8-4-6-10-20(18)30-15-17-7-3-5-9-19(17)24/h3-13H,14-15H2,1-2H3,(H,25,26,28). The van der Waals surface area contributed by atoms with Crippen LogP contribution in [0.5, 0.6) is 5.75 Å². The van der Waals surface area contributed by atoms with E-state index in [0.717, 1.165) is 11.1 Å². The van der Waals surface area contributed by atoms with Crippen molar-refractivity contribution in [3.05, 3.63) is 88.6 Å². The summed E-state index contributed by atoms with van der Waals surface area (Å²) in [6.45, 7) is 2.02. The first kappa shape index (κ1) is 21.3. The van der Waals surface area contributed by atoms with E-state index in [1.54, 1.807) is 49.6 Å². The number of anilines is 1. The van der Waals surface area contributed by atoms with Crippen LogP contribution in [0.3, 0.4) is 0 Å². The van der Waals surface area contributed by atoms with Crippen LogP contribution in [-0.2, 0) is 11.4 Å². The minimum atomic E-state index is -0.335. The molecule has 2 amide bonds. The third-order valence-corrected chi connectivity index (χ3v) is 4.74. The molecule has 3 rings (SSSR count). The number of pyridine rings is 1. The van der Waals surface area contributed by atoms with Crippen molar-refractivity contribution in [1.29, 1.82) is 0 Å². The summed E-state index contributed by atoms with van der Waals surface area (Å²) in [6.07, 6.45) is 1.62. The molecule has 0 aliphatic rings. The largest absolute Gasteiger partial charge is 0.488 e. The number of hydrogen-bond donors (Lipinski definition) is 1. The van der Waals surface area contributed by atoms with Crippen molar-refractivity contribution >= 4 is 29.2 Å². The topological polar surface area (TPSA) is 71.5 Å². The van der Waals surface area contributed by atoms with Crippen LogP contribution in [0, 0.1) is 6.92 Å². The number of halogens is 1. The Labute approximate surface area is 180 Å². The average Bonchev–Trinajstić information content (AvgIpc) is 2.72. The second kappa shape index (κ2) is 9.89. The molecule has 1 N–H and O–H groups in total. The van der Waals surface area contributed by atoms with Crippen molar-refractivity contribution in [2.75, 3.05) is 18.9 Å². The molecule has 0 atom stereocenters. The van der Waals surface area contributed by atoms with Gasteiger partial charge in [-0.3, -0.25) is 9.59 Å². The molecule has 0 radical (unpaired) electrons. The second-order valence-corrected chi connectivity index (χ2v) is 7.21. The summed E-state index contributed by atoms with van der Waals surface area (Å²) in [5, 5.41) is 3.29. The molecule has 0 aliphatic carbocycles. The number of aryl methyl sites for hydroxylation is 1. The summed E-state index contributed by atoms with van der Waals surface area (Å²) in [7, 11) is 1.57. The SMILES string of the molecule is Cc1ccnc(NC(=O)CN(C)C(=O)c2ccccc2OCc2ccccc2Cl)c1. The first-order valence-corrected chi connectivity index (χ1v) is 9.75. The summed E-state index contributed by atoms with van der Waals surface area (Å²) >= 11 is 6.17. The lowest BCUT2D eigenvalue weighted by Crippen LogP contribution is -2.35. The zero-order valence-corrected chi connectivity index (χ0v) is 17.5. The number of carbonyl (C=O) groups excluding carboxylic acids is 2. The maximum Gasteiger partial charge on any atom is 0.257 e. The predicted molar refractivity (Wildman–Crippen MR) is 117 cm³/mol. The molecular formula is C23H22ClN3O3. The molecule has 0 saturated heterocycles. The quantitative estimate of drug-likeness (QED) is 0.613. The Morgan fingerprint density at radius 1 is 1.10 bits per heavy atom. The smallest absolute Gasteiger partial charge is 0.257 e. The zero-order valence-electron chi connectivity index (χ0n) is 16.8. The number of para-hydroxylation sites is 1. The zero-order chi connectivity index (χ0) is 21.5. The van der Waals surface area contributed by atoms with Gasteiger partial charge < -0.3 is 15.0 Å². The van der Waals surface area contributed by atoms with Crippen molar-refractivity contribution in [2.24, 2.45) is 0 Å². The molecule has 7 heteroatoms. The molecule has 6 nitrogen and oxygen atoms in total. The van der Waals surface area contributed by atoms with Crippen molar-refractivity contribution in [1.82, 2.24) is 9.88 Å². The van der Waals surface area contributed by atoms with E-state index in [-0.39, 0.29) is 25.0 Å². The Balaban J connectivity index is 1.65. The number of likely N-dealkylation sites (N-methyl/N-ethyl adjacent to an activating group) is 1. The van der Waals surface area contributed by atoms with E-state index in [0.29, 0.717) is 22.2 Å². The highest BCUT2D eigenvalue weighted by Gasteiger charge is 2.19. The highest BCUT2D eigenvalue weighted by atomic mass is 35.5. The van der Waals surface area contributed by atoms with E-state index in [4.69, 9.17) is 16.3 Å². The van der Waals surface area contributed by atoms with Crippen molar-refractivity contribution in [2.45, 2.75) is 13.5 Å². The highest BCUT2D eigenvalue weighted by Crippen LogP contribution is 2.23. The van der Waals surface area contributed by atoms with E-state index in [1.165, 1.54) is 4.90 Å². The Hall–Kier alpha value is -3.38. The first-order chi connectivity index (χ1) is 14.4. The van der Waals surface area contributed by atoms with Gasteiger partial charge in [-0.15, -0.1) is 0 Å². The summed E-state index contributed by atoms with van der Waals surface area (Å²) in [5.74, 6) is 0.217. The Morgan fingerprint density at radius 3 is 2.60 bits per heavy atom. The third kappa shape index (κ3) is 5.58. The summed E-state index contributed by atoms with van der Waals surface area (Å²) < 4.78 is 5.85. The molecule has 30 heavy (non-hydrogen) atoms. The van der Waals surface area contributed by atoms with E-state index in [1.807, 2.05) is 31.2 Å². The van der Waals surface area contributed by atoms with Gasteiger partial charge in [0.05, 0.1) is 12.1 Å². The number of nitrogens with one attached hydrogen (secondary N) is 1. The lowest BCUT2D eigenvalue weighted by atomic mass is 10.1. The molecule has 154 valence electrons. The molecule has 3 aromatic rings. The van der Waals surface area contributed by atoms with Gasteiger partial charge in [-0.1, -0.05) is 41.9 Å².